The number of nitrogens with zero attached hydrogens (tertiary/aromatic N) is 2. The van der Waals surface area contributed by atoms with Gasteiger partial charge in [-0.25, -0.2) is 4.79 Å². The molecule has 1 saturated heterocycles. The Kier molecular flexibility index (Phi) is 7.10. The molecule has 1 aromatic heterocycles. The van der Waals surface area contributed by atoms with Gasteiger partial charge >= 0.3 is 5.97 Å². The standard InChI is InChI=1S/C21H26N2O6/c1-3-26-19-12-16(21(25)28-13-17-11-15(2)29-22-17)7-8-18(19)27-14-20(24)23-9-5-4-6-10-23/h7-8,11-12H,3-6,9-10,13-14H2,1-2H3. The fourth-order valence-electron chi connectivity index (χ4n) is 3.11. The van der Waals surface area contributed by atoms with Gasteiger partial charge in [0.2, 0.25) is 0 Å². The molecule has 0 aliphatic carbocycles. The number of rotatable bonds is 8. The molecule has 8 heteroatoms. The first-order valence-corrected chi connectivity index (χ1v) is 9.83. The normalized spacial score (nSPS) is 13.8. The van der Waals surface area contributed by atoms with E-state index in [9.17, 15) is 9.59 Å². The lowest BCUT2D eigenvalue weighted by Crippen LogP contribution is -2.38. The highest BCUT2D eigenvalue weighted by atomic mass is 16.5. The molecule has 29 heavy (non-hydrogen) atoms. The number of amides is 1. The van der Waals surface area contributed by atoms with Crippen molar-refractivity contribution in [2.24, 2.45) is 0 Å². The molecule has 1 fully saturated rings. The number of carbonyl (C=O) groups excluding carboxylic acids is 2. The predicted octanol–water partition coefficient (Wildman–Crippen LogP) is 3.13. The molecule has 0 unspecified atom stereocenters. The van der Waals surface area contributed by atoms with Crippen molar-refractivity contribution >= 4 is 11.9 Å². The molecule has 8 nitrogen and oxygen atoms in total. The van der Waals surface area contributed by atoms with Crippen molar-refractivity contribution in [3.63, 3.8) is 0 Å². The summed E-state index contributed by atoms with van der Waals surface area (Å²) in [5.74, 6) is 0.905. The second kappa shape index (κ2) is 9.95. The van der Waals surface area contributed by atoms with Crippen molar-refractivity contribution in [3.8, 4) is 11.5 Å². The molecule has 1 amide bonds. The Morgan fingerprint density at radius 1 is 1.10 bits per heavy atom. The zero-order valence-corrected chi connectivity index (χ0v) is 16.8. The number of hydrogen-bond acceptors (Lipinski definition) is 7. The number of carbonyl (C=O) groups is 2. The third kappa shape index (κ3) is 5.73. The van der Waals surface area contributed by atoms with Crippen molar-refractivity contribution in [1.29, 1.82) is 0 Å². The van der Waals surface area contributed by atoms with Gasteiger partial charge in [0, 0.05) is 19.2 Å². The highest BCUT2D eigenvalue weighted by Gasteiger charge is 2.19. The second-order valence-corrected chi connectivity index (χ2v) is 6.83. The van der Waals surface area contributed by atoms with Gasteiger partial charge < -0.3 is 23.6 Å². The molecule has 0 atom stereocenters. The lowest BCUT2D eigenvalue weighted by molar-refractivity contribution is -0.134. The predicted molar refractivity (Wildman–Crippen MR) is 104 cm³/mol. The Morgan fingerprint density at radius 3 is 2.59 bits per heavy atom. The summed E-state index contributed by atoms with van der Waals surface area (Å²) >= 11 is 0. The Bertz CT molecular complexity index is 841. The van der Waals surface area contributed by atoms with Crippen LogP contribution in [0.4, 0.5) is 0 Å². The minimum absolute atomic E-state index is 0.0166. The van der Waals surface area contributed by atoms with E-state index in [2.05, 4.69) is 5.16 Å². The first-order valence-electron chi connectivity index (χ1n) is 9.83. The maximum Gasteiger partial charge on any atom is 0.338 e. The van der Waals surface area contributed by atoms with Crippen molar-refractivity contribution in [3.05, 3.63) is 41.3 Å². The van der Waals surface area contributed by atoms with Crippen molar-refractivity contribution < 1.29 is 28.3 Å². The Balaban J connectivity index is 1.61. The fourth-order valence-corrected chi connectivity index (χ4v) is 3.11. The molecular weight excluding hydrogens is 376 g/mol. The number of aromatic nitrogens is 1. The number of hydrogen-bond donors (Lipinski definition) is 0. The topological polar surface area (TPSA) is 91.1 Å². The van der Waals surface area contributed by atoms with Gasteiger partial charge in [-0.1, -0.05) is 5.16 Å². The van der Waals surface area contributed by atoms with Crippen LogP contribution in [-0.4, -0.2) is 48.2 Å². The minimum atomic E-state index is -0.512. The molecule has 0 N–H and O–H groups in total. The van der Waals surface area contributed by atoms with Crippen molar-refractivity contribution in [2.75, 3.05) is 26.3 Å². The lowest BCUT2D eigenvalue weighted by atomic mass is 10.1. The molecular formula is C21H26N2O6. The van der Waals surface area contributed by atoms with Crippen LogP contribution in [0.25, 0.3) is 0 Å². The van der Waals surface area contributed by atoms with Crippen molar-refractivity contribution in [2.45, 2.75) is 39.7 Å². The zero-order chi connectivity index (χ0) is 20.6. The summed E-state index contributed by atoms with van der Waals surface area (Å²) in [7, 11) is 0. The first kappa shape index (κ1) is 20.7. The van der Waals surface area contributed by atoms with Gasteiger partial charge in [0.1, 0.15) is 18.1 Å². The van der Waals surface area contributed by atoms with Gasteiger partial charge in [-0.3, -0.25) is 4.79 Å². The fraction of sp³-hybridized carbons (Fsp3) is 0.476. The summed E-state index contributed by atoms with van der Waals surface area (Å²) < 4.78 is 21.5. The van der Waals surface area contributed by atoms with E-state index in [0.717, 1.165) is 32.4 Å². The van der Waals surface area contributed by atoms with E-state index in [1.807, 2.05) is 11.8 Å². The molecule has 3 rings (SSSR count). The summed E-state index contributed by atoms with van der Waals surface area (Å²) in [6, 6.07) is 6.46. The van der Waals surface area contributed by atoms with E-state index < -0.39 is 5.97 Å². The number of piperidine rings is 1. The highest BCUT2D eigenvalue weighted by molar-refractivity contribution is 5.90. The van der Waals surface area contributed by atoms with Crippen molar-refractivity contribution in [1.82, 2.24) is 10.1 Å². The van der Waals surface area contributed by atoms with Crippen LogP contribution in [0.1, 0.15) is 48.0 Å². The monoisotopic (exact) mass is 402 g/mol. The molecule has 0 spiro atoms. The summed E-state index contributed by atoms with van der Waals surface area (Å²) in [6.45, 7) is 5.50. The van der Waals surface area contributed by atoms with Gasteiger partial charge in [0.25, 0.3) is 5.91 Å². The van der Waals surface area contributed by atoms with E-state index in [4.69, 9.17) is 18.7 Å². The van der Waals surface area contributed by atoms with Crippen LogP contribution in [0, 0.1) is 6.92 Å². The molecule has 156 valence electrons. The van der Waals surface area contributed by atoms with E-state index in [1.54, 1.807) is 31.2 Å². The number of likely N-dealkylation sites (tertiary alicyclic amines) is 1. The first-order chi connectivity index (χ1) is 14.1. The summed E-state index contributed by atoms with van der Waals surface area (Å²) in [4.78, 5) is 26.5. The lowest BCUT2D eigenvalue weighted by Gasteiger charge is -2.26. The summed E-state index contributed by atoms with van der Waals surface area (Å²) in [5.41, 5.74) is 0.862. The molecule has 2 heterocycles. The van der Waals surface area contributed by atoms with Gasteiger partial charge in [0.05, 0.1) is 12.2 Å². The third-order valence-corrected chi connectivity index (χ3v) is 4.57. The van der Waals surface area contributed by atoms with Crippen LogP contribution in [0.3, 0.4) is 0 Å². The smallest absolute Gasteiger partial charge is 0.338 e. The van der Waals surface area contributed by atoms with Crippen LogP contribution in [-0.2, 0) is 16.1 Å². The number of aryl methyl sites for hydroxylation is 1. The minimum Gasteiger partial charge on any atom is -0.490 e. The number of benzene rings is 1. The molecule has 1 aliphatic heterocycles. The van der Waals surface area contributed by atoms with Crippen LogP contribution >= 0.6 is 0 Å². The van der Waals surface area contributed by atoms with Crippen LogP contribution in [0.2, 0.25) is 0 Å². The van der Waals surface area contributed by atoms with Gasteiger partial charge in [-0.2, -0.15) is 0 Å². The molecule has 0 saturated carbocycles. The van der Waals surface area contributed by atoms with Gasteiger partial charge in [-0.05, 0) is 51.3 Å². The largest absolute Gasteiger partial charge is 0.490 e. The Hall–Kier alpha value is -3.03. The molecule has 0 radical (unpaired) electrons. The summed E-state index contributed by atoms with van der Waals surface area (Å²) in [5, 5.41) is 3.79. The van der Waals surface area contributed by atoms with E-state index >= 15 is 0 Å². The Labute approximate surface area is 169 Å². The van der Waals surface area contributed by atoms with Gasteiger partial charge in [0.15, 0.2) is 18.1 Å². The molecule has 0 bridgehead atoms. The summed E-state index contributed by atoms with van der Waals surface area (Å²) in [6.07, 6.45) is 3.22. The van der Waals surface area contributed by atoms with E-state index in [1.165, 1.54) is 0 Å². The van der Waals surface area contributed by atoms with Gasteiger partial charge in [-0.15, -0.1) is 0 Å². The second-order valence-electron chi connectivity index (χ2n) is 6.83. The average Bonchev–Trinajstić information content (AvgIpc) is 3.16. The Morgan fingerprint density at radius 2 is 1.90 bits per heavy atom. The number of esters is 1. The molecule has 1 aromatic carbocycles. The van der Waals surface area contributed by atoms with Crippen LogP contribution in [0.15, 0.2) is 28.8 Å². The van der Waals surface area contributed by atoms with Crippen LogP contribution in [0.5, 0.6) is 11.5 Å². The van der Waals surface area contributed by atoms with E-state index in [-0.39, 0.29) is 19.1 Å². The maximum absolute atomic E-state index is 12.3. The number of ether oxygens (including phenoxy) is 3. The molecule has 2 aromatic rings. The highest BCUT2D eigenvalue weighted by Crippen LogP contribution is 2.29. The molecule has 1 aliphatic rings. The average molecular weight is 402 g/mol. The third-order valence-electron chi connectivity index (χ3n) is 4.57. The SMILES string of the molecule is CCOc1cc(C(=O)OCc2cc(C)on2)ccc1OCC(=O)N1CCCCC1. The maximum atomic E-state index is 12.3. The van der Waals surface area contributed by atoms with E-state index in [0.29, 0.717) is 35.1 Å². The zero-order valence-electron chi connectivity index (χ0n) is 16.8. The van der Waals surface area contributed by atoms with Crippen LogP contribution < -0.4 is 9.47 Å². The quantitative estimate of drug-likeness (QED) is 0.627.